The smallest absolute Gasteiger partial charge is 0.142 e. The predicted molar refractivity (Wildman–Crippen MR) is 68.6 cm³/mol. The summed E-state index contributed by atoms with van der Waals surface area (Å²) in [6.45, 7) is 2.73. The van der Waals surface area contributed by atoms with Crippen LogP contribution in [0.25, 0.3) is 0 Å². The molecule has 2 rings (SSSR count). The minimum atomic E-state index is 0.575. The molecular formula is C13H16ClNO. The third kappa shape index (κ3) is 2.70. The van der Waals surface area contributed by atoms with Crippen LogP contribution < -0.4 is 9.64 Å². The van der Waals surface area contributed by atoms with Gasteiger partial charge in [0.1, 0.15) is 5.75 Å². The predicted octanol–water partition coefficient (Wildman–Crippen LogP) is 3.07. The second-order valence-corrected chi connectivity index (χ2v) is 4.05. The van der Waals surface area contributed by atoms with Crippen molar-refractivity contribution in [1.29, 1.82) is 0 Å². The van der Waals surface area contributed by atoms with Gasteiger partial charge in [0, 0.05) is 19.0 Å². The summed E-state index contributed by atoms with van der Waals surface area (Å²) >= 11 is 5.62. The van der Waals surface area contributed by atoms with Crippen molar-refractivity contribution in [3.63, 3.8) is 0 Å². The van der Waals surface area contributed by atoms with Crippen molar-refractivity contribution in [3.05, 3.63) is 36.4 Å². The molecule has 1 heterocycles. The van der Waals surface area contributed by atoms with E-state index in [2.05, 4.69) is 17.0 Å². The lowest BCUT2D eigenvalue weighted by Gasteiger charge is -2.21. The zero-order chi connectivity index (χ0) is 11.2. The minimum absolute atomic E-state index is 0.575. The van der Waals surface area contributed by atoms with Crippen molar-refractivity contribution < 1.29 is 4.74 Å². The van der Waals surface area contributed by atoms with Gasteiger partial charge in [-0.25, -0.2) is 0 Å². The molecule has 3 heteroatoms. The quantitative estimate of drug-likeness (QED) is 0.592. The Morgan fingerprint density at radius 3 is 3.06 bits per heavy atom. The van der Waals surface area contributed by atoms with Crippen LogP contribution >= 0.6 is 11.6 Å². The molecule has 0 fully saturated rings. The Labute approximate surface area is 101 Å². The number of hydrogen-bond donors (Lipinski definition) is 0. The van der Waals surface area contributed by atoms with Gasteiger partial charge >= 0.3 is 0 Å². The van der Waals surface area contributed by atoms with E-state index in [1.54, 1.807) is 0 Å². The van der Waals surface area contributed by atoms with Crippen LogP contribution in [0.2, 0.25) is 0 Å². The van der Waals surface area contributed by atoms with Gasteiger partial charge in [0.15, 0.2) is 0 Å². The molecule has 0 amide bonds. The van der Waals surface area contributed by atoms with Crippen molar-refractivity contribution in [1.82, 2.24) is 0 Å². The maximum Gasteiger partial charge on any atom is 0.142 e. The number of para-hydroxylation sites is 2. The van der Waals surface area contributed by atoms with Crippen LogP contribution in [0.4, 0.5) is 5.69 Å². The lowest BCUT2D eigenvalue weighted by atomic mass is 10.2. The summed E-state index contributed by atoms with van der Waals surface area (Å²) in [7, 11) is 0. The number of anilines is 1. The van der Waals surface area contributed by atoms with Crippen molar-refractivity contribution in [3.8, 4) is 5.75 Å². The Morgan fingerprint density at radius 2 is 2.19 bits per heavy atom. The SMILES string of the molecule is ClC/C=C/CN1CCCOc2ccccc21. The standard InChI is InChI=1S/C13H16ClNO/c14-8-3-4-9-15-10-5-11-16-13-7-2-1-6-12(13)15/h1-4,6-7H,5,8-11H2/b4-3+. The first-order valence-electron chi connectivity index (χ1n) is 5.59. The fourth-order valence-electron chi connectivity index (χ4n) is 1.85. The molecule has 1 aliphatic rings. The van der Waals surface area contributed by atoms with Gasteiger partial charge in [-0.2, -0.15) is 0 Å². The van der Waals surface area contributed by atoms with Crippen LogP contribution in [0, 0.1) is 0 Å². The first-order chi connectivity index (χ1) is 7.92. The first kappa shape index (κ1) is 11.3. The summed E-state index contributed by atoms with van der Waals surface area (Å²) in [5.41, 5.74) is 1.18. The van der Waals surface area contributed by atoms with Gasteiger partial charge in [-0.05, 0) is 18.6 Å². The fraction of sp³-hybridized carbons (Fsp3) is 0.385. The summed E-state index contributed by atoms with van der Waals surface area (Å²) in [4.78, 5) is 2.32. The van der Waals surface area contributed by atoms with Gasteiger partial charge < -0.3 is 9.64 Å². The highest BCUT2D eigenvalue weighted by Gasteiger charge is 2.13. The number of ether oxygens (including phenoxy) is 1. The van der Waals surface area contributed by atoms with E-state index in [0.717, 1.165) is 31.9 Å². The largest absolute Gasteiger partial charge is 0.491 e. The molecule has 1 aromatic carbocycles. The molecular weight excluding hydrogens is 222 g/mol. The highest BCUT2D eigenvalue weighted by molar-refractivity contribution is 6.18. The third-order valence-corrected chi connectivity index (χ3v) is 2.80. The molecule has 2 nitrogen and oxygen atoms in total. The van der Waals surface area contributed by atoms with E-state index in [1.165, 1.54) is 5.69 Å². The summed E-state index contributed by atoms with van der Waals surface area (Å²) in [5, 5.41) is 0. The zero-order valence-electron chi connectivity index (χ0n) is 9.23. The Morgan fingerprint density at radius 1 is 1.31 bits per heavy atom. The number of alkyl halides is 1. The van der Waals surface area contributed by atoms with Gasteiger partial charge in [-0.15, -0.1) is 11.6 Å². The summed E-state index contributed by atoms with van der Waals surface area (Å²) in [6, 6.07) is 8.19. The molecule has 0 N–H and O–H groups in total. The molecule has 0 spiro atoms. The van der Waals surface area contributed by atoms with Crippen LogP contribution in [0.3, 0.4) is 0 Å². The van der Waals surface area contributed by atoms with Gasteiger partial charge in [0.05, 0.1) is 12.3 Å². The van der Waals surface area contributed by atoms with Crippen molar-refractivity contribution in [2.75, 3.05) is 30.5 Å². The molecule has 0 atom stereocenters. The Bertz CT molecular complexity index is 365. The molecule has 0 radical (unpaired) electrons. The molecule has 1 aliphatic heterocycles. The van der Waals surface area contributed by atoms with E-state index in [4.69, 9.17) is 16.3 Å². The van der Waals surface area contributed by atoms with E-state index < -0.39 is 0 Å². The highest BCUT2D eigenvalue weighted by atomic mass is 35.5. The molecule has 0 aromatic heterocycles. The van der Waals surface area contributed by atoms with E-state index in [9.17, 15) is 0 Å². The number of nitrogens with zero attached hydrogens (tertiary/aromatic N) is 1. The van der Waals surface area contributed by atoms with E-state index in [0.29, 0.717) is 5.88 Å². The van der Waals surface area contributed by atoms with Crippen LogP contribution in [-0.4, -0.2) is 25.6 Å². The Kier molecular flexibility index (Phi) is 4.11. The van der Waals surface area contributed by atoms with Gasteiger partial charge in [-0.1, -0.05) is 24.3 Å². The fourth-order valence-corrected chi connectivity index (χ4v) is 1.98. The van der Waals surface area contributed by atoms with Crippen LogP contribution in [0.1, 0.15) is 6.42 Å². The van der Waals surface area contributed by atoms with Gasteiger partial charge in [0.2, 0.25) is 0 Å². The number of benzene rings is 1. The third-order valence-electron chi connectivity index (χ3n) is 2.62. The first-order valence-corrected chi connectivity index (χ1v) is 6.13. The molecule has 0 saturated carbocycles. The van der Waals surface area contributed by atoms with Crippen LogP contribution in [0.5, 0.6) is 5.75 Å². The van der Waals surface area contributed by atoms with Crippen LogP contribution in [-0.2, 0) is 0 Å². The number of hydrogen-bond acceptors (Lipinski definition) is 2. The Balaban J connectivity index is 2.15. The topological polar surface area (TPSA) is 12.5 Å². The maximum atomic E-state index is 5.69. The average Bonchev–Trinajstić information content (AvgIpc) is 2.52. The Hall–Kier alpha value is -1.15. The molecule has 0 bridgehead atoms. The molecule has 0 unspecified atom stereocenters. The van der Waals surface area contributed by atoms with E-state index >= 15 is 0 Å². The average molecular weight is 238 g/mol. The van der Waals surface area contributed by atoms with Crippen molar-refractivity contribution in [2.24, 2.45) is 0 Å². The maximum absolute atomic E-state index is 5.69. The monoisotopic (exact) mass is 237 g/mol. The molecule has 86 valence electrons. The highest BCUT2D eigenvalue weighted by Crippen LogP contribution is 2.30. The zero-order valence-corrected chi connectivity index (χ0v) is 9.99. The lowest BCUT2D eigenvalue weighted by Crippen LogP contribution is -2.23. The molecule has 1 aromatic rings. The van der Waals surface area contributed by atoms with Crippen LogP contribution in [0.15, 0.2) is 36.4 Å². The number of allylic oxidation sites excluding steroid dienone is 1. The van der Waals surface area contributed by atoms with E-state index in [-0.39, 0.29) is 0 Å². The second kappa shape index (κ2) is 5.80. The lowest BCUT2D eigenvalue weighted by molar-refractivity contribution is 0.322. The second-order valence-electron chi connectivity index (χ2n) is 3.74. The summed E-state index contributed by atoms with van der Waals surface area (Å²) in [6.07, 6.45) is 5.15. The van der Waals surface area contributed by atoms with E-state index in [1.807, 2.05) is 24.3 Å². The van der Waals surface area contributed by atoms with Crippen molar-refractivity contribution in [2.45, 2.75) is 6.42 Å². The number of fused-ring (bicyclic) bond motifs is 1. The minimum Gasteiger partial charge on any atom is -0.491 e. The van der Waals surface area contributed by atoms with Gasteiger partial charge in [0.25, 0.3) is 0 Å². The normalized spacial score (nSPS) is 15.7. The molecule has 0 aliphatic carbocycles. The molecule has 16 heavy (non-hydrogen) atoms. The summed E-state index contributed by atoms with van der Waals surface area (Å²) < 4.78 is 5.69. The van der Waals surface area contributed by atoms with Crippen molar-refractivity contribution >= 4 is 17.3 Å². The number of halogens is 1. The van der Waals surface area contributed by atoms with Gasteiger partial charge in [-0.3, -0.25) is 0 Å². The summed E-state index contributed by atoms with van der Waals surface area (Å²) in [5.74, 6) is 1.56. The molecule has 0 saturated heterocycles. The number of rotatable bonds is 3.